The van der Waals surface area contributed by atoms with Crippen LogP contribution in [0.3, 0.4) is 0 Å². The molecule has 0 spiro atoms. The molecule has 0 bridgehead atoms. The Kier molecular flexibility index (Phi) is 20.9. The van der Waals surface area contributed by atoms with Crippen LogP contribution in [0.5, 0.6) is 0 Å². The average molecular weight is 541 g/mol. The van der Waals surface area contributed by atoms with Crippen molar-refractivity contribution in [3.63, 3.8) is 0 Å². The van der Waals surface area contributed by atoms with Crippen LogP contribution in [0.25, 0.3) is 0 Å². The summed E-state index contributed by atoms with van der Waals surface area (Å²) < 4.78 is -0.376. The van der Waals surface area contributed by atoms with E-state index in [9.17, 15) is 29.7 Å². The normalized spacial score (nSPS) is 15.7. The van der Waals surface area contributed by atoms with Gasteiger partial charge in [-0.25, -0.2) is 14.4 Å². The molecule has 38 heavy (non-hydrogen) atoms. The number of unbranched alkanes of at least 4 members (excludes halogenated alkanes) is 10. The topological polar surface area (TPSA) is 112 Å². The zero-order valence-electron chi connectivity index (χ0n) is 24.8. The van der Waals surface area contributed by atoms with Crippen LogP contribution >= 0.6 is 0 Å². The minimum Gasteiger partial charge on any atom is -0.477 e. The molecule has 222 valence electrons. The molecule has 7 nitrogen and oxygen atoms in total. The summed E-state index contributed by atoms with van der Waals surface area (Å²) in [6.45, 7) is 8.11. The molecule has 3 N–H and O–H groups in total. The number of carbonyl (C=O) groups is 3. The fraction of sp³-hybridized carbons (Fsp3) is 0.839. The van der Waals surface area contributed by atoms with Gasteiger partial charge in [-0.15, -0.1) is 0 Å². The molecule has 0 fully saturated rings. The maximum Gasteiger partial charge on any atom is 0.362 e. The van der Waals surface area contributed by atoms with Gasteiger partial charge >= 0.3 is 17.9 Å². The highest BCUT2D eigenvalue weighted by atomic mass is 16.4. The third-order valence-corrected chi connectivity index (χ3v) is 7.84. The predicted molar refractivity (Wildman–Crippen MR) is 154 cm³/mol. The number of rotatable bonds is 26. The Morgan fingerprint density at radius 3 is 1.21 bits per heavy atom. The third kappa shape index (κ3) is 12.8. The first-order chi connectivity index (χ1) is 18.2. The van der Waals surface area contributed by atoms with Crippen molar-refractivity contribution in [1.82, 2.24) is 0 Å². The van der Waals surface area contributed by atoms with Crippen LogP contribution in [0, 0.1) is 0 Å². The Hall–Kier alpha value is -1.89. The van der Waals surface area contributed by atoms with E-state index in [1.807, 2.05) is 20.8 Å². The number of carboxylic acids is 3. The number of hydrogen-bond acceptors (Lipinski definition) is 3. The van der Waals surface area contributed by atoms with Crippen LogP contribution in [-0.4, -0.2) is 62.4 Å². The minimum absolute atomic E-state index is 0.266. The minimum atomic E-state index is -1.09. The number of hydrogen-bond donors (Lipinski definition) is 3. The average Bonchev–Trinajstić information content (AvgIpc) is 2.87. The van der Waals surface area contributed by atoms with Crippen molar-refractivity contribution >= 4 is 17.9 Å². The highest BCUT2D eigenvalue weighted by molar-refractivity contribution is 5.78. The zero-order valence-corrected chi connectivity index (χ0v) is 24.8. The SMILES string of the molecule is CCCCCC/C=C/CCCCCCCC[N+](C(CCC)C(=O)O)(C(CCC)C(=O)O)C(CCC)C(=O)O. The summed E-state index contributed by atoms with van der Waals surface area (Å²) in [5.74, 6) is -3.26. The van der Waals surface area contributed by atoms with Crippen molar-refractivity contribution < 1.29 is 34.2 Å². The second-order valence-electron chi connectivity index (χ2n) is 10.9. The van der Waals surface area contributed by atoms with Crippen molar-refractivity contribution in [2.45, 2.75) is 161 Å². The van der Waals surface area contributed by atoms with Gasteiger partial charge in [-0.2, -0.15) is 0 Å². The van der Waals surface area contributed by atoms with E-state index < -0.39 is 36.0 Å². The van der Waals surface area contributed by atoms with Gasteiger partial charge in [0.2, 0.25) is 0 Å². The molecule has 0 saturated carbocycles. The zero-order chi connectivity index (χ0) is 28.8. The van der Waals surface area contributed by atoms with Crippen molar-refractivity contribution in [3.8, 4) is 0 Å². The van der Waals surface area contributed by atoms with Gasteiger partial charge in [-0.3, -0.25) is 4.48 Å². The first kappa shape index (κ1) is 36.1. The first-order valence-corrected chi connectivity index (χ1v) is 15.4. The summed E-state index contributed by atoms with van der Waals surface area (Å²) in [4.78, 5) is 37.6. The number of aliphatic carboxylic acids is 3. The van der Waals surface area contributed by atoms with Crippen molar-refractivity contribution in [2.75, 3.05) is 6.54 Å². The van der Waals surface area contributed by atoms with E-state index in [0.29, 0.717) is 25.7 Å². The summed E-state index contributed by atoms with van der Waals surface area (Å²) in [6, 6.07) is -3.14. The summed E-state index contributed by atoms with van der Waals surface area (Å²) >= 11 is 0. The van der Waals surface area contributed by atoms with Crippen LogP contribution in [0.1, 0.15) is 143 Å². The third-order valence-electron chi connectivity index (χ3n) is 7.84. The Bertz CT molecular complexity index is 617. The van der Waals surface area contributed by atoms with E-state index >= 15 is 0 Å². The van der Waals surface area contributed by atoms with Gasteiger partial charge in [0.15, 0.2) is 18.1 Å². The van der Waals surface area contributed by atoms with Crippen molar-refractivity contribution in [1.29, 1.82) is 0 Å². The highest BCUT2D eigenvalue weighted by Crippen LogP contribution is 2.34. The lowest BCUT2D eigenvalue weighted by molar-refractivity contribution is -0.973. The van der Waals surface area contributed by atoms with E-state index in [2.05, 4.69) is 19.1 Å². The van der Waals surface area contributed by atoms with Crippen LogP contribution in [0.4, 0.5) is 0 Å². The Balaban J connectivity index is 5.36. The lowest BCUT2D eigenvalue weighted by Gasteiger charge is -2.50. The number of carboxylic acid groups (broad SMARTS) is 3. The molecule has 0 amide bonds. The summed E-state index contributed by atoms with van der Waals surface area (Å²) in [6.07, 6.45) is 20.3. The van der Waals surface area contributed by atoms with E-state index in [0.717, 1.165) is 38.5 Å². The van der Waals surface area contributed by atoms with Gasteiger partial charge in [0.05, 0.1) is 6.54 Å². The van der Waals surface area contributed by atoms with E-state index in [1.165, 1.54) is 32.1 Å². The monoisotopic (exact) mass is 540 g/mol. The van der Waals surface area contributed by atoms with Gasteiger partial charge in [0, 0.05) is 19.3 Å². The molecule has 7 heteroatoms. The molecule has 0 aliphatic heterocycles. The maximum absolute atomic E-state index is 12.5. The molecule has 0 aliphatic rings. The second kappa shape index (κ2) is 22.0. The van der Waals surface area contributed by atoms with Crippen LogP contribution < -0.4 is 0 Å². The smallest absolute Gasteiger partial charge is 0.362 e. The molecule has 0 rings (SSSR count). The van der Waals surface area contributed by atoms with Gasteiger partial charge in [-0.05, 0) is 57.8 Å². The number of nitrogens with zero attached hydrogens (tertiary/aromatic N) is 1. The fourth-order valence-corrected chi connectivity index (χ4v) is 5.93. The fourth-order valence-electron chi connectivity index (χ4n) is 5.93. The van der Waals surface area contributed by atoms with Crippen LogP contribution in [0.15, 0.2) is 12.2 Å². The first-order valence-electron chi connectivity index (χ1n) is 15.4. The van der Waals surface area contributed by atoms with Gasteiger partial charge in [0.25, 0.3) is 0 Å². The molecule has 0 aromatic heterocycles. The summed E-state index contributed by atoms with van der Waals surface area (Å²) in [5, 5.41) is 30.7. The van der Waals surface area contributed by atoms with Crippen molar-refractivity contribution in [3.05, 3.63) is 12.2 Å². The molecular formula is C31H58NO6+. The summed E-state index contributed by atoms with van der Waals surface area (Å²) in [7, 11) is 0. The highest BCUT2D eigenvalue weighted by Gasteiger charge is 2.56. The maximum atomic E-state index is 12.5. The van der Waals surface area contributed by atoms with E-state index in [-0.39, 0.29) is 30.3 Å². The predicted octanol–water partition coefficient (Wildman–Crippen LogP) is 7.82. The summed E-state index contributed by atoms with van der Waals surface area (Å²) in [5.41, 5.74) is 0. The molecule has 0 radical (unpaired) electrons. The van der Waals surface area contributed by atoms with E-state index in [1.54, 1.807) is 0 Å². The molecular weight excluding hydrogens is 482 g/mol. The molecule has 0 saturated heterocycles. The standard InChI is InChI=1S/C31H57NO6/c1-5-9-10-11-12-13-14-15-16-17-18-19-20-21-25-32(26(22-6-2)29(33)34,27(23-7-3)30(35)36)28(24-8-4)31(37)38/h13-14,26-28H,5-12,15-25H2,1-4H3,(H2-,33,34,35,36,37,38)/p+1/b14-13+. The quantitative estimate of drug-likeness (QED) is 0.0586. The second-order valence-corrected chi connectivity index (χ2v) is 10.9. The van der Waals surface area contributed by atoms with Crippen LogP contribution in [-0.2, 0) is 14.4 Å². The number of quaternary nitrogens is 1. The largest absolute Gasteiger partial charge is 0.477 e. The van der Waals surface area contributed by atoms with Crippen molar-refractivity contribution in [2.24, 2.45) is 0 Å². The molecule has 0 heterocycles. The van der Waals surface area contributed by atoms with Crippen LogP contribution in [0.2, 0.25) is 0 Å². The Labute approximate surface area is 232 Å². The lowest BCUT2D eigenvalue weighted by Crippen LogP contribution is -2.72. The Morgan fingerprint density at radius 1 is 0.526 bits per heavy atom. The Morgan fingerprint density at radius 2 is 0.868 bits per heavy atom. The van der Waals surface area contributed by atoms with E-state index in [4.69, 9.17) is 0 Å². The molecule has 0 aromatic carbocycles. The molecule has 0 aromatic rings. The molecule has 3 atom stereocenters. The molecule has 0 aliphatic carbocycles. The lowest BCUT2D eigenvalue weighted by atomic mass is 9.91. The molecule has 3 unspecified atom stereocenters. The number of allylic oxidation sites excluding steroid dienone is 2. The van der Waals surface area contributed by atoms with Gasteiger partial charge < -0.3 is 15.3 Å². The van der Waals surface area contributed by atoms with Gasteiger partial charge in [0.1, 0.15) is 0 Å². The van der Waals surface area contributed by atoms with Gasteiger partial charge in [-0.1, -0.05) is 78.4 Å².